The predicted octanol–water partition coefficient (Wildman–Crippen LogP) is 2.72. The molecule has 3 rings (SSSR count). The number of hydrogen-bond donors (Lipinski definition) is 2. The largest absolute Gasteiger partial charge is 0.357 e. The van der Waals surface area contributed by atoms with Crippen LogP contribution in [0.15, 0.2) is 47.7 Å². The second kappa shape index (κ2) is 6.49. The summed E-state index contributed by atoms with van der Waals surface area (Å²) < 4.78 is 14.8. The van der Waals surface area contributed by atoms with E-state index in [-0.39, 0.29) is 11.7 Å². The number of aromatic amines is 1. The van der Waals surface area contributed by atoms with Crippen LogP contribution >= 0.6 is 0 Å². The molecule has 0 unspecified atom stereocenters. The average molecular weight is 325 g/mol. The number of H-pyrrole nitrogens is 1. The second-order valence-corrected chi connectivity index (χ2v) is 5.26. The van der Waals surface area contributed by atoms with Gasteiger partial charge in [0, 0.05) is 11.8 Å². The van der Waals surface area contributed by atoms with E-state index >= 15 is 0 Å². The molecule has 1 amide bonds. The van der Waals surface area contributed by atoms with Crippen molar-refractivity contribution in [1.82, 2.24) is 20.2 Å². The Bertz CT molecular complexity index is 879. The van der Waals surface area contributed by atoms with Crippen LogP contribution in [0.25, 0.3) is 5.69 Å². The molecule has 122 valence electrons. The van der Waals surface area contributed by atoms with Gasteiger partial charge in [-0.25, -0.2) is 14.5 Å². The maximum atomic E-state index is 13.1. The van der Waals surface area contributed by atoms with Crippen molar-refractivity contribution in [2.24, 2.45) is 5.10 Å². The smallest absolute Gasteiger partial charge is 0.287 e. The van der Waals surface area contributed by atoms with E-state index in [1.54, 1.807) is 41.4 Å². The zero-order valence-electron chi connectivity index (χ0n) is 13.2. The molecule has 2 aromatic heterocycles. The highest BCUT2D eigenvalue weighted by Crippen LogP contribution is 2.16. The lowest BCUT2D eigenvalue weighted by Gasteiger charge is -2.04. The van der Waals surface area contributed by atoms with Gasteiger partial charge in [-0.05, 0) is 50.2 Å². The average Bonchev–Trinajstić information content (AvgIpc) is 3.19. The van der Waals surface area contributed by atoms with Crippen LogP contribution < -0.4 is 5.43 Å². The molecule has 0 bridgehead atoms. The number of aromatic nitrogens is 3. The van der Waals surface area contributed by atoms with E-state index in [1.165, 1.54) is 12.1 Å². The highest BCUT2D eigenvalue weighted by atomic mass is 19.1. The molecular formula is C17H16FN5O. The number of carbonyl (C=O) groups excluding carboxylic acids is 1. The number of rotatable bonds is 4. The monoisotopic (exact) mass is 325 g/mol. The number of hydrazone groups is 1. The molecule has 2 N–H and O–H groups in total. The third kappa shape index (κ3) is 3.10. The molecule has 0 fully saturated rings. The van der Waals surface area contributed by atoms with Gasteiger partial charge in [-0.2, -0.15) is 10.2 Å². The summed E-state index contributed by atoms with van der Waals surface area (Å²) in [6.45, 7) is 3.73. The van der Waals surface area contributed by atoms with Gasteiger partial charge in [0.1, 0.15) is 11.5 Å². The standard InChI is InChI=1S/C17H16FN5O/c1-11-15(10-20-21-17(24)16-4-3-9-19-16)12(2)23(22-11)14-7-5-13(18)6-8-14/h3-10,19H,1-2H3,(H,21,24)/b20-10-. The van der Waals surface area contributed by atoms with Crippen molar-refractivity contribution in [2.45, 2.75) is 13.8 Å². The maximum Gasteiger partial charge on any atom is 0.287 e. The van der Waals surface area contributed by atoms with Crippen molar-refractivity contribution in [3.8, 4) is 5.69 Å². The molecule has 0 saturated heterocycles. The number of amides is 1. The number of nitrogens with zero attached hydrogens (tertiary/aromatic N) is 3. The van der Waals surface area contributed by atoms with Crippen molar-refractivity contribution in [2.75, 3.05) is 0 Å². The van der Waals surface area contributed by atoms with E-state index in [0.29, 0.717) is 5.69 Å². The van der Waals surface area contributed by atoms with Crippen LogP contribution in [0.1, 0.15) is 27.4 Å². The van der Waals surface area contributed by atoms with Crippen molar-refractivity contribution in [3.63, 3.8) is 0 Å². The second-order valence-electron chi connectivity index (χ2n) is 5.26. The predicted molar refractivity (Wildman–Crippen MR) is 88.8 cm³/mol. The first-order valence-corrected chi connectivity index (χ1v) is 7.35. The van der Waals surface area contributed by atoms with Crippen LogP contribution in [0.5, 0.6) is 0 Å². The Hall–Kier alpha value is -3.22. The van der Waals surface area contributed by atoms with Crippen LogP contribution in [0.4, 0.5) is 4.39 Å². The molecule has 0 aliphatic carbocycles. The molecule has 0 aliphatic heterocycles. The quantitative estimate of drug-likeness (QED) is 0.572. The summed E-state index contributed by atoms with van der Waals surface area (Å²) >= 11 is 0. The van der Waals surface area contributed by atoms with Crippen molar-refractivity contribution in [1.29, 1.82) is 0 Å². The first-order chi connectivity index (χ1) is 11.6. The van der Waals surface area contributed by atoms with Crippen molar-refractivity contribution >= 4 is 12.1 Å². The molecule has 0 aliphatic rings. The Morgan fingerprint density at radius 1 is 1.29 bits per heavy atom. The summed E-state index contributed by atoms with van der Waals surface area (Å²) in [6.07, 6.45) is 3.22. The first-order valence-electron chi connectivity index (χ1n) is 7.35. The lowest BCUT2D eigenvalue weighted by Crippen LogP contribution is -2.17. The Balaban J connectivity index is 1.80. The van der Waals surface area contributed by atoms with Crippen molar-refractivity contribution in [3.05, 3.63) is 71.1 Å². The minimum atomic E-state index is -0.322. The highest BCUT2D eigenvalue weighted by molar-refractivity contribution is 5.93. The van der Waals surface area contributed by atoms with E-state index in [2.05, 4.69) is 20.6 Å². The molecule has 2 heterocycles. The Labute approximate surface area is 138 Å². The van der Waals surface area contributed by atoms with Crippen molar-refractivity contribution < 1.29 is 9.18 Å². The zero-order valence-corrected chi connectivity index (χ0v) is 13.2. The van der Waals surface area contributed by atoms with E-state index in [9.17, 15) is 9.18 Å². The third-order valence-corrected chi connectivity index (χ3v) is 3.62. The number of nitrogens with one attached hydrogen (secondary N) is 2. The number of aryl methyl sites for hydroxylation is 1. The molecule has 24 heavy (non-hydrogen) atoms. The molecule has 3 aromatic rings. The lowest BCUT2D eigenvalue weighted by atomic mass is 10.2. The minimum Gasteiger partial charge on any atom is -0.357 e. The summed E-state index contributed by atoms with van der Waals surface area (Å²) in [5.41, 5.74) is 6.05. The van der Waals surface area contributed by atoms with Crippen LogP contribution in [0, 0.1) is 19.7 Å². The normalized spacial score (nSPS) is 11.1. The molecule has 0 spiro atoms. The van der Waals surface area contributed by atoms with E-state index in [4.69, 9.17) is 0 Å². The third-order valence-electron chi connectivity index (χ3n) is 3.62. The summed E-state index contributed by atoms with van der Waals surface area (Å²) in [5.74, 6) is -0.619. The molecular weight excluding hydrogens is 309 g/mol. The summed E-state index contributed by atoms with van der Waals surface area (Å²) in [7, 11) is 0. The van der Waals surface area contributed by atoms with Crippen LogP contribution in [0.3, 0.4) is 0 Å². The van der Waals surface area contributed by atoms with Crippen LogP contribution in [-0.2, 0) is 0 Å². The van der Waals surface area contributed by atoms with Gasteiger partial charge in [-0.1, -0.05) is 0 Å². The Morgan fingerprint density at radius 2 is 2.04 bits per heavy atom. The topological polar surface area (TPSA) is 75.1 Å². The van der Waals surface area contributed by atoms with E-state index < -0.39 is 0 Å². The SMILES string of the molecule is Cc1nn(-c2ccc(F)cc2)c(C)c1/C=N\NC(=O)c1ccc[nH]1. The van der Waals surface area contributed by atoms with E-state index in [1.807, 2.05) is 13.8 Å². The zero-order chi connectivity index (χ0) is 17.1. The van der Waals surface area contributed by atoms with Gasteiger partial charge in [0.2, 0.25) is 0 Å². The van der Waals surface area contributed by atoms with E-state index in [0.717, 1.165) is 22.6 Å². The van der Waals surface area contributed by atoms with Crippen LogP contribution in [0.2, 0.25) is 0 Å². The first kappa shape index (κ1) is 15.7. The summed E-state index contributed by atoms with van der Waals surface area (Å²) in [5, 5.41) is 8.42. The number of halogens is 1. The fraction of sp³-hybridized carbons (Fsp3) is 0.118. The molecule has 1 aromatic carbocycles. The molecule has 0 radical (unpaired) electrons. The van der Waals surface area contributed by atoms with Gasteiger partial charge in [-0.3, -0.25) is 4.79 Å². The maximum absolute atomic E-state index is 13.1. The van der Waals surface area contributed by atoms with Gasteiger partial charge in [0.05, 0.1) is 23.3 Å². The Morgan fingerprint density at radius 3 is 2.71 bits per heavy atom. The number of hydrogen-bond acceptors (Lipinski definition) is 3. The minimum absolute atomic E-state index is 0.297. The van der Waals surface area contributed by atoms with Gasteiger partial charge >= 0.3 is 0 Å². The lowest BCUT2D eigenvalue weighted by molar-refractivity contribution is 0.0951. The van der Waals surface area contributed by atoms with Gasteiger partial charge < -0.3 is 4.98 Å². The summed E-state index contributed by atoms with van der Waals surface area (Å²) in [4.78, 5) is 14.6. The highest BCUT2D eigenvalue weighted by Gasteiger charge is 2.11. The fourth-order valence-corrected chi connectivity index (χ4v) is 2.36. The Kier molecular flexibility index (Phi) is 4.24. The number of carbonyl (C=O) groups is 1. The van der Waals surface area contributed by atoms with Gasteiger partial charge in [0.25, 0.3) is 5.91 Å². The van der Waals surface area contributed by atoms with Crippen LogP contribution in [-0.4, -0.2) is 26.9 Å². The van der Waals surface area contributed by atoms with Gasteiger partial charge in [-0.15, -0.1) is 0 Å². The molecule has 7 heteroatoms. The summed E-state index contributed by atoms with van der Waals surface area (Å²) in [6, 6.07) is 9.48. The number of benzene rings is 1. The molecule has 0 atom stereocenters. The molecule has 6 nitrogen and oxygen atoms in total. The molecule has 0 saturated carbocycles. The fourth-order valence-electron chi connectivity index (χ4n) is 2.36. The van der Waals surface area contributed by atoms with Gasteiger partial charge in [0.15, 0.2) is 0 Å².